The van der Waals surface area contributed by atoms with Gasteiger partial charge in [0, 0.05) is 41.9 Å². The molecule has 31 heavy (non-hydrogen) atoms. The topological polar surface area (TPSA) is 135 Å². The third kappa shape index (κ3) is 4.61. The first-order valence-corrected chi connectivity index (χ1v) is 11.0. The van der Waals surface area contributed by atoms with Gasteiger partial charge in [0.1, 0.15) is 6.54 Å². The molecule has 0 atom stereocenters. The Bertz CT molecular complexity index is 1250. The van der Waals surface area contributed by atoms with Crippen LogP contribution in [-0.4, -0.2) is 46.9 Å². The van der Waals surface area contributed by atoms with E-state index >= 15 is 0 Å². The van der Waals surface area contributed by atoms with Crippen molar-refractivity contribution in [3.63, 3.8) is 0 Å². The van der Waals surface area contributed by atoms with Crippen LogP contribution < -0.4 is 4.72 Å². The van der Waals surface area contributed by atoms with E-state index in [1.54, 1.807) is 39.9 Å². The van der Waals surface area contributed by atoms with Gasteiger partial charge in [0.15, 0.2) is 5.75 Å². The first kappa shape index (κ1) is 22.1. The summed E-state index contributed by atoms with van der Waals surface area (Å²) in [7, 11) is -4.12. The van der Waals surface area contributed by atoms with E-state index in [1.807, 2.05) is 13.8 Å². The highest BCUT2D eigenvalue weighted by molar-refractivity contribution is 7.92. The van der Waals surface area contributed by atoms with Crippen molar-refractivity contribution in [1.82, 2.24) is 9.47 Å². The Kier molecular flexibility index (Phi) is 6.16. The molecule has 0 aliphatic heterocycles. The van der Waals surface area contributed by atoms with Crippen LogP contribution in [0.25, 0.3) is 10.9 Å². The largest absolute Gasteiger partial charge is 0.502 e. The fourth-order valence-electron chi connectivity index (χ4n) is 3.25. The average Bonchev–Trinajstić information content (AvgIpc) is 3.10. The average molecular weight is 446 g/mol. The van der Waals surface area contributed by atoms with Gasteiger partial charge in [-0.25, -0.2) is 8.42 Å². The zero-order chi connectivity index (χ0) is 22.8. The molecule has 0 aliphatic carbocycles. The highest BCUT2D eigenvalue weighted by Crippen LogP contribution is 2.29. The zero-order valence-corrected chi connectivity index (χ0v) is 17.8. The van der Waals surface area contributed by atoms with Crippen LogP contribution in [0.3, 0.4) is 0 Å². The van der Waals surface area contributed by atoms with Crippen LogP contribution in [-0.2, 0) is 21.4 Å². The minimum Gasteiger partial charge on any atom is -0.502 e. The van der Waals surface area contributed by atoms with Crippen molar-refractivity contribution in [1.29, 1.82) is 0 Å². The first-order chi connectivity index (χ1) is 14.7. The lowest BCUT2D eigenvalue weighted by Crippen LogP contribution is -2.33. The quantitative estimate of drug-likeness (QED) is 0.403. The molecule has 0 spiro atoms. The summed E-state index contributed by atoms with van der Waals surface area (Å²) in [5.41, 5.74) is 0.327. The van der Waals surface area contributed by atoms with E-state index < -0.39 is 26.4 Å². The SMILES string of the molecule is CCN(CC)C(=O)Cn1ccc2cc(NS(=O)(=O)c3ccc(O)c([N+](=O)[O-])c3)ccc21. The zero-order valence-electron chi connectivity index (χ0n) is 17.0. The van der Waals surface area contributed by atoms with Gasteiger partial charge in [-0.3, -0.25) is 19.6 Å². The number of sulfonamides is 1. The molecule has 2 aromatic carbocycles. The molecule has 0 saturated heterocycles. The number of amides is 1. The molecule has 164 valence electrons. The van der Waals surface area contributed by atoms with Crippen molar-refractivity contribution in [2.45, 2.75) is 25.3 Å². The summed E-state index contributed by atoms with van der Waals surface area (Å²) in [6.45, 7) is 5.24. The molecule has 0 bridgehead atoms. The van der Waals surface area contributed by atoms with Crippen molar-refractivity contribution in [3.8, 4) is 5.75 Å². The summed E-state index contributed by atoms with van der Waals surface area (Å²) >= 11 is 0. The monoisotopic (exact) mass is 446 g/mol. The van der Waals surface area contributed by atoms with E-state index in [2.05, 4.69) is 4.72 Å². The van der Waals surface area contributed by atoms with E-state index in [9.17, 15) is 28.4 Å². The molecule has 11 heteroatoms. The highest BCUT2D eigenvalue weighted by Gasteiger charge is 2.21. The number of aromatic nitrogens is 1. The third-order valence-electron chi connectivity index (χ3n) is 4.90. The lowest BCUT2D eigenvalue weighted by Gasteiger charge is -2.19. The predicted molar refractivity (Wildman–Crippen MR) is 115 cm³/mol. The Morgan fingerprint density at radius 3 is 2.52 bits per heavy atom. The number of fused-ring (bicyclic) bond motifs is 1. The van der Waals surface area contributed by atoms with Crippen LogP contribution in [0.15, 0.2) is 53.6 Å². The number of phenolic OH excluding ortho intramolecular Hbond substituents is 1. The minimum atomic E-state index is -4.12. The van der Waals surface area contributed by atoms with Crippen LogP contribution in [0.2, 0.25) is 0 Å². The lowest BCUT2D eigenvalue weighted by molar-refractivity contribution is -0.386. The van der Waals surface area contributed by atoms with Gasteiger partial charge >= 0.3 is 5.69 Å². The second-order valence-electron chi connectivity index (χ2n) is 6.80. The maximum Gasteiger partial charge on any atom is 0.312 e. The fraction of sp³-hybridized carbons (Fsp3) is 0.250. The smallest absolute Gasteiger partial charge is 0.312 e. The number of nitrogens with one attached hydrogen (secondary N) is 1. The van der Waals surface area contributed by atoms with Gasteiger partial charge in [-0.15, -0.1) is 0 Å². The normalized spacial score (nSPS) is 11.4. The molecule has 1 aromatic heterocycles. The van der Waals surface area contributed by atoms with Crippen LogP contribution in [0.4, 0.5) is 11.4 Å². The molecule has 3 aromatic rings. The summed E-state index contributed by atoms with van der Waals surface area (Å²) < 4.78 is 29.5. The van der Waals surface area contributed by atoms with Gasteiger partial charge in [-0.1, -0.05) is 0 Å². The highest BCUT2D eigenvalue weighted by atomic mass is 32.2. The number of nitrogens with zero attached hydrogens (tertiary/aromatic N) is 3. The molecule has 2 N–H and O–H groups in total. The molecule has 1 heterocycles. The molecule has 0 fully saturated rings. The molecule has 10 nitrogen and oxygen atoms in total. The van der Waals surface area contributed by atoms with Gasteiger partial charge in [-0.2, -0.15) is 0 Å². The molecule has 3 rings (SSSR count). The van der Waals surface area contributed by atoms with Crippen molar-refractivity contribution in [3.05, 3.63) is 58.8 Å². The van der Waals surface area contributed by atoms with E-state index in [0.29, 0.717) is 13.1 Å². The number of hydrogen-bond acceptors (Lipinski definition) is 6. The van der Waals surface area contributed by atoms with E-state index in [4.69, 9.17) is 0 Å². The number of carbonyl (C=O) groups excluding carboxylic acids is 1. The first-order valence-electron chi connectivity index (χ1n) is 9.53. The number of anilines is 1. The van der Waals surface area contributed by atoms with Crippen LogP contribution in [0.1, 0.15) is 13.8 Å². The molecule has 0 radical (unpaired) electrons. The van der Waals surface area contributed by atoms with E-state index in [-0.39, 0.29) is 23.0 Å². The summed E-state index contributed by atoms with van der Waals surface area (Å²) in [5, 5.41) is 21.2. The Hall–Kier alpha value is -3.60. The summed E-state index contributed by atoms with van der Waals surface area (Å²) in [6.07, 6.45) is 1.76. The van der Waals surface area contributed by atoms with Gasteiger partial charge in [0.25, 0.3) is 10.0 Å². The van der Waals surface area contributed by atoms with Crippen molar-refractivity contribution >= 4 is 38.2 Å². The second-order valence-corrected chi connectivity index (χ2v) is 8.48. The fourth-order valence-corrected chi connectivity index (χ4v) is 4.32. The van der Waals surface area contributed by atoms with Crippen LogP contribution in [0.5, 0.6) is 5.75 Å². The molecule has 0 aliphatic rings. The van der Waals surface area contributed by atoms with Crippen molar-refractivity contribution in [2.24, 2.45) is 0 Å². The van der Waals surface area contributed by atoms with E-state index in [0.717, 1.165) is 29.1 Å². The molecular formula is C20H22N4O6S. The van der Waals surface area contributed by atoms with Gasteiger partial charge in [0.05, 0.1) is 9.82 Å². The molecule has 1 amide bonds. The number of phenols is 1. The number of benzene rings is 2. The summed E-state index contributed by atoms with van der Waals surface area (Å²) in [5.74, 6) is -0.632. The predicted octanol–water partition coefficient (Wildman–Crippen LogP) is 2.92. The summed E-state index contributed by atoms with van der Waals surface area (Å²) in [4.78, 5) is 23.9. The third-order valence-corrected chi connectivity index (χ3v) is 6.28. The number of nitro groups is 1. The summed E-state index contributed by atoms with van der Waals surface area (Å²) in [6, 6.07) is 9.47. The lowest BCUT2D eigenvalue weighted by atomic mass is 10.2. The molecular weight excluding hydrogens is 424 g/mol. The molecule has 0 unspecified atom stereocenters. The number of rotatable bonds is 8. The Labute approximate surface area is 178 Å². The van der Waals surface area contributed by atoms with Crippen molar-refractivity contribution < 1.29 is 23.2 Å². The number of nitro benzene ring substituents is 1. The maximum absolute atomic E-state index is 12.6. The van der Waals surface area contributed by atoms with Gasteiger partial charge in [0.2, 0.25) is 5.91 Å². The number of carbonyl (C=O) groups is 1. The standard InChI is InChI=1S/C20H22N4O6S/c1-3-22(4-2)20(26)13-23-10-9-14-11-15(5-7-17(14)23)21-31(29,30)16-6-8-19(25)18(12-16)24(27)28/h5-12,21,25H,3-4,13H2,1-2H3. The second kappa shape index (κ2) is 8.64. The van der Waals surface area contributed by atoms with Gasteiger partial charge < -0.3 is 14.6 Å². The molecule has 0 saturated carbocycles. The number of hydrogen-bond donors (Lipinski definition) is 2. The van der Waals surface area contributed by atoms with Crippen molar-refractivity contribution in [2.75, 3.05) is 17.8 Å². The number of likely N-dealkylation sites (N-methyl/N-ethyl adjacent to an activating group) is 1. The van der Waals surface area contributed by atoms with Crippen LogP contribution >= 0.6 is 0 Å². The Balaban J connectivity index is 1.85. The Morgan fingerprint density at radius 1 is 1.16 bits per heavy atom. The van der Waals surface area contributed by atoms with Gasteiger partial charge in [-0.05, 0) is 50.2 Å². The number of aromatic hydroxyl groups is 1. The van der Waals surface area contributed by atoms with Crippen LogP contribution in [0, 0.1) is 10.1 Å². The van der Waals surface area contributed by atoms with E-state index in [1.165, 1.54) is 0 Å². The maximum atomic E-state index is 12.6. The Morgan fingerprint density at radius 2 is 1.87 bits per heavy atom. The minimum absolute atomic E-state index is 0.0128.